The van der Waals surface area contributed by atoms with Crippen molar-refractivity contribution in [1.82, 2.24) is 14.7 Å². The maximum Gasteiger partial charge on any atom is 0.239 e. The minimum Gasteiger partial charge on any atom is -0.338 e. The molecular weight excluding hydrogens is 240 g/mol. The first-order valence-electron chi connectivity index (χ1n) is 7.42. The lowest BCUT2D eigenvalue weighted by atomic mass is 9.83. The van der Waals surface area contributed by atoms with Crippen molar-refractivity contribution >= 4 is 5.91 Å². The molecule has 0 aromatic heterocycles. The Labute approximate surface area is 116 Å². The van der Waals surface area contributed by atoms with Crippen LogP contribution in [0.15, 0.2) is 0 Å². The number of carbonyl (C=O) groups is 1. The van der Waals surface area contributed by atoms with Crippen molar-refractivity contribution in [3.05, 3.63) is 0 Å². The van der Waals surface area contributed by atoms with E-state index >= 15 is 0 Å². The van der Waals surface area contributed by atoms with Crippen molar-refractivity contribution in [2.75, 3.05) is 46.8 Å². The molecule has 0 aromatic rings. The van der Waals surface area contributed by atoms with Gasteiger partial charge in [-0.05, 0) is 46.4 Å². The Kier molecular flexibility index (Phi) is 4.48. The highest BCUT2D eigenvalue weighted by Gasteiger charge is 2.43. The molecule has 1 atom stereocenters. The lowest BCUT2D eigenvalue weighted by molar-refractivity contribution is -0.139. The average Bonchev–Trinajstić information content (AvgIpc) is 2.43. The van der Waals surface area contributed by atoms with Crippen LogP contribution in [0.5, 0.6) is 0 Å². The number of piperazine rings is 1. The molecular formula is C14H28N4O. The predicted molar refractivity (Wildman–Crippen MR) is 76.9 cm³/mol. The number of nitrogens with zero attached hydrogens (tertiary/aromatic N) is 3. The molecule has 1 amide bonds. The van der Waals surface area contributed by atoms with Gasteiger partial charge in [0.15, 0.2) is 0 Å². The van der Waals surface area contributed by atoms with Crippen molar-refractivity contribution in [3.63, 3.8) is 0 Å². The Bertz CT molecular complexity index is 325. The summed E-state index contributed by atoms with van der Waals surface area (Å²) in [6.07, 6.45) is 3.01. The van der Waals surface area contributed by atoms with Crippen LogP contribution in [0.1, 0.15) is 26.2 Å². The molecule has 2 rings (SSSR count). The van der Waals surface area contributed by atoms with Gasteiger partial charge >= 0.3 is 0 Å². The summed E-state index contributed by atoms with van der Waals surface area (Å²) in [5, 5.41) is 0. The highest BCUT2D eigenvalue weighted by Crippen LogP contribution is 2.31. The fourth-order valence-electron chi connectivity index (χ4n) is 3.23. The first kappa shape index (κ1) is 14.8. The number of likely N-dealkylation sites (tertiary alicyclic amines) is 1. The van der Waals surface area contributed by atoms with E-state index in [1.165, 1.54) is 0 Å². The Morgan fingerprint density at radius 2 is 1.84 bits per heavy atom. The molecule has 5 nitrogen and oxygen atoms in total. The van der Waals surface area contributed by atoms with Crippen LogP contribution >= 0.6 is 0 Å². The minimum atomic E-state index is -0.327. The molecule has 0 unspecified atom stereocenters. The Morgan fingerprint density at radius 3 is 2.42 bits per heavy atom. The zero-order valence-corrected chi connectivity index (χ0v) is 12.6. The summed E-state index contributed by atoms with van der Waals surface area (Å²) in [4.78, 5) is 19.1. The Hall–Kier alpha value is -0.650. The van der Waals surface area contributed by atoms with Crippen molar-refractivity contribution in [2.45, 2.75) is 37.8 Å². The van der Waals surface area contributed by atoms with Crippen LogP contribution in [0, 0.1) is 0 Å². The quantitative estimate of drug-likeness (QED) is 0.764. The van der Waals surface area contributed by atoms with E-state index in [0.717, 1.165) is 52.0 Å². The van der Waals surface area contributed by atoms with Gasteiger partial charge in [-0.3, -0.25) is 9.69 Å². The summed E-state index contributed by atoms with van der Waals surface area (Å²) in [6.45, 7) is 6.85. The number of hydrogen-bond donors (Lipinski definition) is 1. The third kappa shape index (κ3) is 2.93. The van der Waals surface area contributed by atoms with Gasteiger partial charge in [-0.15, -0.1) is 0 Å². The number of hydrogen-bond acceptors (Lipinski definition) is 4. The summed E-state index contributed by atoms with van der Waals surface area (Å²) in [5.74, 6) is 0.133. The van der Waals surface area contributed by atoms with Crippen molar-refractivity contribution < 1.29 is 4.79 Å². The van der Waals surface area contributed by atoms with E-state index in [1.54, 1.807) is 0 Å². The van der Waals surface area contributed by atoms with Crippen molar-refractivity contribution in [2.24, 2.45) is 5.73 Å². The summed E-state index contributed by atoms with van der Waals surface area (Å²) in [5.41, 5.74) is 6.08. The van der Waals surface area contributed by atoms with Gasteiger partial charge in [-0.1, -0.05) is 6.92 Å². The van der Waals surface area contributed by atoms with Crippen LogP contribution in [0.2, 0.25) is 0 Å². The molecule has 2 fully saturated rings. The topological polar surface area (TPSA) is 52.8 Å². The summed E-state index contributed by atoms with van der Waals surface area (Å²) >= 11 is 0. The molecule has 0 saturated carbocycles. The molecule has 110 valence electrons. The molecule has 0 bridgehead atoms. The summed E-state index contributed by atoms with van der Waals surface area (Å²) < 4.78 is 0. The van der Waals surface area contributed by atoms with Crippen LogP contribution in [0.25, 0.3) is 0 Å². The zero-order valence-electron chi connectivity index (χ0n) is 12.6. The Morgan fingerprint density at radius 1 is 1.21 bits per heavy atom. The second-order valence-corrected chi connectivity index (χ2v) is 6.22. The fraction of sp³-hybridized carbons (Fsp3) is 0.929. The Balaban J connectivity index is 2.06. The monoisotopic (exact) mass is 268 g/mol. The van der Waals surface area contributed by atoms with Crippen molar-refractivity contribution in [1.29, 1.82) is 0 Å². The van der Waals surface area contributed by atoms with E-state index in [-0.39, 0.29) is 17.5 Å². The minimum absolute atomic E-state index is 0.133. The molecule has 0 aliphatic carbocycles. The molecule has 5 heteroatoms. The second-order valence-electron chi connectivity index (χ2n) is 6.22. The van der Waals surface area contributed by atoms with E-state index in [1.807, 2.05) is 11.8 Å². The lowest BCUT2D eigenvalue weighted by Crippen LogP contribution is -2.66. The highest BCUT2D eigenvalue weighted by molar-refractivity contribution is 5.81. The molecule has 2 aliphatic rings. The van der Waals surface area contributed by atoms with Crippen LogP contribution < -0.4 is 5.73 Å². The third-order valence-electron chi connectivity index (χ3n) is 4.99. The van der Waals surface area contributed by atoms with Gasteiger partial charge in [-0.25, -0.2) is 0 Å². The highest BCUT2D eigenvalue weighted by atomic mass is 16.2. The predicted octanol–water partition coefficient (Wildman–Crippen LogP) is -0.0379. The van der Waals surface area contributed by atoms with Crippen LogP contribution in [-0.4, -0.2) is 79.0 Å². The second kappa shape index (κ2) is 5.77. The van der Waals surface area contributed by atoms with Gasteiger partial charge < -0.3 is 15.5 Å². The first-order chi connectivity index (χ1) is 8.98. The van der Waals surface area contributed by atoms with Crippen LogP contribution in [-0.2, 0) is 4.79 Å². The molecule has 2 aliphatic heterocycles. The number of amides is 1. The first-order valence-corrected chi connectivity index (χ1v) is 7.42. The van der Waals surface area contributed by atoms with Gasteiger partial charge in [0.1, 0.15) is 0 Å². The number of rotatable bonds is 2. The van der Waals surface area contributed by atoms with E-state index in [0.29, 0.717) is 0 Å². The zero-order chi connectivity index (χ0) is 14.0. The maximum absolute atomic E-state index is 12.3. The number of likely N-dealkylation sites (N-methyl/N-ethyl adjacent to an activating group) is 1. The maximum atomic E-state index is 12.3. The molecule has 2 saturated heterocycles. The molecule has 0 radical (unpaired) electrons. The molecule has 2 heterocycles. The van der Waals surface area contributed by atoms with Crippen LogP contribution in [0.3, 0.4) is 0 Å². The molecule has 2 N–H and O–H groups in total. The van der Waals surface area contributed by atoms with Gasteiger partial charge in [-0.2, -0.15) is 0 Å². The number of carbonyl (C=O) groups excluding carboxylic acids is 1. The van der Waals surface area contributed by atoms with E-state index in [9.17, 15) is 4.79 Å². The van der Waals surface area contributed by atoms with Gasteiger partial charge in [0, 0.05) is 25.2 Å². The number of piperidine rings is 1. The molecule has 19 heavy (non-hydrogen) atoms. The average molecular weight is 268 g/mol. The van der Waals surface area contributed by atoms with E-state index in [4.69, 9.17) is 5.73 Å². The SMILES string of the molecule is CC[C@H](N)C(=O)N1CCN(C)C2(CCN(C)CC2)C1. The molecule has 0 aromatic carbocycles. The standard InChI is InChI=1S/C14H28N4O/c1-4-12(15)13(19)18-10-9-17(3)14(11-18)5-7-16(2)8-6-14/h12H,4-11,15H2,1-3H3/t12-/m0/s1. The fourth-order valence-corrected chi connectivity index (χ4v) is 3.23. The summed E-state index contributed by atoms with van der Waals surface area (Å²) in [7, 11) is 4.37. The number of nitrogens with two attached hydrogens (primary N) is 1. The van der Waals surface area contributed by atoms with Gasteiger partial charge in [0.25, 0.3) is 0 Å². The smallest absolute Gasteiger partial charge is 0.239 e. The van der Waals surface area contributed by atoms with Gasteiger partial charge in [0.05, 0.1) is 6.04 Å². The van der Waals surface area contributed by atoms with Crippen molar-refractivity contribution in [3.8, 4) is 0 Å². The normalized spacial score (nSPS) is 26.6. The lowest BCUT2D eigenvalue weighted by Gasteiger charge is -2.53. The summed E-state index contributed by atoms with van der Waals surface area (Å²) in [6, 6.07) is -0.327. The van der Waals surface area contributed by atoms with E-state index < -0.39 is 0 Å². The largest absolute Gasteiger partial charge is 0.338 e. The molecule has 1 spiro atoms. The van der Waals surface area contributed by atoms with E-state index in [2.05, 4.69) is 23.9 Å². The van der Waals surface area contributed by atoms with Crippen LogP contribution in [0.4, 0.5) is 0 Å². The third-order valence-corrected chi connectivity index (χ3v) is 4.99. The van der Waals surface area contributed by atoms with Gasteiger partial charge in [0.2, 0.25) is 5.91 Å².